The molecule has 48 valence electrons. The average Bonchev–Trinajstić information content (AvgIpc) is 1.83. The minimum absolute atomic E-state index is 0.780. The Morgan fingerprint density at radius 2 is 2.38 bits per heavy atom. The van der Waals surface area contributed by atoms with E-state index >= 15 is 0 Å². The monoisotopic (exact) mass is 226 g/mol. The summed E-state index contributed by atoms with van der Waals surface area (Å²) in [4.78, 5) is 0. The van der Waals surface area contributed by atoms with Gasteiger partial charge in [0, 0.05) is 0 Å². The normalized spacial score (nSPS) is 11.6. The van der Waals surface area contributed by atoms with Crippen LogP contribution in [0.4, 0.5) is 0 Å². The Hall–Kier alpha value is 0.270. The number of hydrogen-bond donors (Lipinski definition) is 0. The fourth-order valence-electron chi connectivity index (χ4n) is 0.384. The van der Waals surface area contributed by atoms with Crippen molar-refractivity contribution in [2.75, 3.05) is 11.0 Å². The maximum Gasteiger partial charge on any atom is 0.101 e. The van der Waals surface area contributed by atoms with Crippen LogP contribution < -0.4 is 0 Å². The van der Waals surface area contributed by atoms with Gasteiger partial charge in [-0.2, -0.15) is 0 Å². The molecule has 0 aliphatic heterocycles. The van der Waals surface area contributed by atoms with E-state index < -0.39 is 0 Å². The topological polar surface area (TPSA) is 9.23 Å². The maximum absolute atomic E-state index is 5.19. The van der Waals surface area contributed by atoms with Crippen LogP contribution in [0.1, 0.15) is 13.8 Å². The van der Waals surface area contributed by atoms with Crippen molar-refractivity contribution in [3.05, 3.63) is 11.8 Å². The minimum atomic E-state index is 0.780. The quantitative estimate of drug-likeness (QED) is 0.407. The molecule has 8 heavy (non-hydrogen) atoms. The minimum Gasteiger partial charge on any atom is -0.498 e. The van der Waals surface area contributed by atoms with Crippen molar-refractivity contribution in [2.24, 2.45) is 0 Å². The van der Waals surface area contributed by atoms with E-state index in [9.17, 15) is 0 Å². The lowest BCUT2D eigenvalue weighted by Gasteiger charge is -2.01. The van der Waals surface area contributed by atoms with Crippen LogP contribution >= 0.6 is 22.6 Å². The van der Waals surface area contributed by atoms with Gasteiger partial charge in [-0.25, -0.2) is 0 Å². The van der Waals surface area contributed by atoms with Crippen molar-refractivity contribution in [3.63, 3.8) is 0 Å². The Kier molecular flexibility index (Phi) is 5.59. The summed E-state index contributed by atoms with van der Waals surface area (Å²) < 4.78 is 6.17. The predicted molar refractivity (Wildman–Crippen MR) is 44.3 cm³/mol. The Labute approximate surface area is 64.2 Å². The first-order valence-electron chi connectivity index (χ1n) is 2.69. The molecule has 0 heterocycles. The Morgan fingerprint density at radius 3 is 2.50 bits per heavy atom. The fourth-order valence-corrected chi connectivity index (χ4v) is 1.05. The summed E-state index contributed by atoms with van der Waals surface area (Å²) in [6.45, 7) is 4.77. The zero-order chi connectivity index (χ0) is 6.41. The number of ether oxygens (including phenoxy) is 1. The van der Waals surface area contributed by atoms with E-state index in [1.54, 1.807) is 0 Å². The van der Waals surface area contributed by atoms with Crippen molar-refractivity contribution in [1.82, 2.24) is 0 Å². The molecule has 0 amide bonds. The first-order chi connectivity index (χ1) is 3.85. The van der Waals surface area contributed by atoms with Crippen LogP contribution in [0.25, 0.3) is 0 Å². The molecule has 0 radical (unpaired) electrons. The molecular weight excluding hydrogens is 215 g/mol. The number of allylic oxidation sites excluding steroid dienone is 2. The second-order valence-corrected chi connectivity index (χ2v) is 2.08. The molecule has 0 N–H and O–H groups in total. The molecule has 0 unspecified atom stereocenters. The van der Waals surface area contributed by atoms with Crippen LogP contribution in [-0.2, 0) is 4.74 Å². The molecule has 0 bridgehead atoms. The lowest BCUT2D eigenvalue weighted by molar-refractivity contribution is 0.234. The van der Waals surface area contributed by atoms with Crippen LogP contribution in [0.5, 0.6) is 0 Å². The molecule has 0 spiro atoms. The van der Waals surface area contributed by atoms with Gasteiger partial charge in [-0.3, -0.25) is 0 Å². The number of halogens is 1. The molecule has 1 nitrogen and oxygen atoms in total. The molecule has 0 atom stereocenters. The van der Waals surface area contributed by atoms with Gasteiger partial charge in [-0.1, -0.05) is 22.6 Å². The third-order valence-electron chi connectivity index (χ3n) is 0.783. The Balaban J connectivity index is 3.38. The smallest absolute Gasteiger partial charge is 0.101 e. The first-order valence-corrected chi connectivity index (χ1v) is 4.21. The summed E-state index contributed by atoms with van der Waals surface area (Å²) in [6.07, 6.45) is 2.00. The molecular formula is C6H11IO. The number of hydrogen-bond acceptors (Lipinski definition) is 1. The van der Waals surface area contributed by atoms with Gasteiger partial charge in [0.15, 0.2) is 0 Å². The standard InChI is InChI=1S/C6H11IO/c1-3-6(5-7)8-4-2/h3H,4-5H2,1-2H3. The molecule has 0 aromatic rings. The highest BCUT2D eigenvalue weighted by molar-refractivity contribution is 14.1. The van der Waals surface area contributed by atoms with Crippen LogP contribution in [0, 0.1) is 0 Å². The third-order valence-corrected chi connectivity index (χ3v) is 1.54. The second-order valence-electron chi connectivity index (χ2n) is 1.32. The molecule has 0 aromatic heterocycles. The largest absolute Gasteiger partial charge is 0.498 e. The Bertz CT molecular complexity index is 78.6. The Morgan fingerprint density at radius 1 is 1.75 bits per heavy atom. The first kappa shape index (κ1) is 8.27. The molecule has 0 aromatic carbocycles. The summed E-state index contributed by atoms with van der Waals surface area (Å²) >= 11 is 2.28. The molecule has 0 saturated carbocycles. The average molecular weight is 226 g/mol. The zero-order valence-electron chi connectivity index (χ0n) is 5.28. The van der Waals surface area contributed by atoms with Crippen LogP contribution in [-0.4, -0.2) is 11.0 Å². The van der Waals surface area contributed by atoms with Gasteiger partial charge in [0.2, 0.25) is 0 Å². The highest BCUT2D eigenvalue weighted by Gasteiger charge is 1.87. The number of rotatable bonds is 3. The molecule has 0 aliphatic rings. The van der Waals surface area contributed by atoms with E-state index in [4.69, 9.17) is 4.74 Å². The predicted octanol–water partition coefficient (Wildman–Crippen LogP) is 2.36. The molecule has 0 aliphatic carbocycles. The van der Waals surface area contributed by atoms with Gasteiger partial charge < -0.3 is 4.74 Å². The summed E-state index contributed by atoms with van der Waals surface area (Å²) in [5.41, 5.74) is 0. The van der Waals surface area contributed by atoms with E-state index in [1.807, 2.05) is 19.9 Å². The van der Waals surface area contributed by atoms with E-state index in [1.165, 1.54) is 0 Å². The van der Waals surface area contributed by atoms with Gasteiger partial charge >= 0.3 is 0 Å². The molecule has 0 saturated heterocycles. The lowest BCUT2D eigenvalue weighted by Crippen LogP contribution is -1.90. The van der Waals surface area contributed by atoms with Crippen molar-refractivity contribution in [2.45, 2.75) is 13.8 Å². The van der Waals surface area contributed by atoms with E-state index in [-0.39, 0.29) is 0 Å². The SMILES string of the molecule is CC=C(CI)OCC. The van der Waals surface area contributed by atoms with Crippen molar-refractivity contribution < 1.29 is 4.74 Å². The molecule has 0 rings (SSSR count). The summed E-state index contributed by atoms with van der Waals surface area (Å²) in [5, 5.41) is 0. The highest BCUT2D eigenvalue weighted by atomic mass is 127. The summed E-state index contributed by atoms with van der Waals surface area (Å²) in [7, 11) is 0. The summed E-state index contributed by atoms with van der Waals surface area (Å²) in [5.74, 6) is 1.08. The zero-order valence-corrected chi connectivity index (χ0v) is 7.44. The lowest BCUT2D eigenvalue weighted by atomic mass is 10.5. The van der Waals surface area contributed by atoms with Gasteiger partial charge in [-0.15, -0.1) is 0 Å². The van der Waals surface area contributed by atoms with Crippen LogP contribution in [0.15, 0.2) is 11.8 Å². The number of alkyl halides is 1. The van der Waals surface area contributed by atoms with Gasteiger partial charge in [0.1, 0.15) is 5.76 Å². The van der Waals surface area contributed by atoms with Crippen molar-refractivity contribution >= 4 is 22.6 Å². The van der Waals surface area contributed by atoms with Gasteiger partial charge in [0.05, 0.1) is 11.0 Å². The maximum atomic E-state index is 5.19. The second kappa shape index (κ2) is 5.41. The van der Waals surface area contributed by atoms with E-state index in [0.717, 1.165) is 16.8 Å². The van der Waals surface area contributed by atoms with E-state index in [0.29, 0.717) is 0 Å². The van der Waals surface area contributed by atoms with Crippen LogP contribution in [0.3, 0.4) is 0 Å². The third kappa shape index (κ3) is 3.29. The van der Waals surface area contributed by atoms with Crippen molar-refractivity contribution in [3.8, 4) is 0 Å². The fraction of sp³-hybridized carbons (Fsp3) is 0.667. The van der Waals surface area contributed by atoms with Crippen molar-refractivity contribution in [1.29, 1.82) is 0 Å². The van der Waals surface area contributed by atoms with Gasteiger partial charge in [-0.05, 0) is 19.9 Å². The van der Waals surface area contributed by atoms with Gasteiger partial charge in [0.25, 0.3) is 0 Å². The van der Waals surface area contributed by atoms with Crippen LogP contribution in [0.2, 0.25) is 0 Å². The van der Waals surface area contributed by atoms with E-state index in [2.05, 4.69) is 22.6 Å². The highest BCUT2D eigenvalue weighted by Crippen LogP contribution is 2.00. The molecule has 2 heteroatoms. The summed E-state index contributed by atoms with van der Waals surface area (Å²) in [6, 6.07) is 0. The molecule has 0 fully saturated rings.